The van der Waals surface area contributed by atoms with Gasteiger partial charge < -0.3 is 10.2 Å². The van der Waals surface area contributed by atoms with Gasteiger partial charge in [-0.25, -0.2) is 0 Å². The van der Waals surface area contributed by atoms with Crippen LogP contribution in [0.2, 0.25) is 0 Å². The van der Waals surface area contributed by atoms with E-state index in [9.17, 15) is 9.90 Å². The number of carboxylic acid groups (broad SMARTS) is 1. The number of carboxylic acids is 1. The highest BCUT2D eigenvalue weighted by atomic mass is 16.4. The van der Waals surface area contributed by atoms with E-state index in [1.54, 1.807) is 6.08 Å². The third-order valence-electron chi connectivity index (χ3n) is 2.89. The summed E-state index contributed by atoms with van der Waals surface area (Å²) in [4.78, 5) is 10.3. The van der Waals surface area contributed by atoms with E-state index in [-0.39, 0.29) is 12.5 Å². The minimum Gasteiger partial charge on any atom is -0.481 e. The van der Waals surface area contributed by atoms with Crippen LogP contribution in [0.1, 0.15) is 51.9 Å². The molecule has 0 bridgehead atoms. The first kappa shape index (κ1) is 19.4. The van der Waals surface area contributed by atoms with E-state index in [0.717, 1.165) is 38.5 Å². The molecule has 118 valence electrons. The van der Waals surface area contributed by atoms with Crippen molar-refractivity contribution < 1.29 is 15.0 Å². The van der Waals surface area contributed by atoms with Crippen LogP contribution < -0.4 is 0 Å². The zero-order valence-corrected chi connectivity index (χ0v) is 12.9. The van der Waals surface area contributed by atoms with Gasteiger partial charge in [-0.2, -0.15) is 0 Å². The van der Waals surface area contributed by atoms with E-state index >= 15 is 0 Å². The summed E-state index contributed by atoms with van der Waals surface area (Å²) in [5, 5.41) is 17.8. The van der Waals surface area contributed by atoms with E-state index < -0.39 is 5.97 Å². The molecule has 0 aromatic heterocycles. The largest absolute Gasteiger partial charge is 0.481 e. The number of aliphatic hydroxyl groups excluding tert-OH is 1. The second-order valence-corrected chi connectivity index (χ2v) is 4.84. The first-order valence-electron chi connectivity index (χ1n) is 7.70. The number of hydrogen-bond acceptors (Lipinski definition) is 2. The average molecular weight is 292 g/mol. The van der Waals surface area contributed by atoms with E-state index in [4.69, 9.17) is 5.11 Å². The molecule has 0 spiro atoms. The molecular weight excluding hydrogens is 264 g/mol. The average Bonchev–Trinajstić information content (AvgIpc) is 2.46. The fraction of sp³-hybridized carbons (Fsp3) is 0.500. The molecule has 0 aromatic carbocycles. The van der Waals surface area contributed by atoms with Crippen LogP contribution >= 0.6 is 0 Å². The molecule has 0 saturated heterocycles. The van der Waals surface area contributed by atoms with Crippen molar-refractivity contribution in [2.24, 2.45) is 0 Å². The maximum absolute atomic E-state index is 10.3. The van der Waals surface area contributed by atoms with Gasteiger partial charge >= 0.3 is 5.97 Å². The third kappa shape index (κ3) is 16.3. The standard InChI is InChI=1S/C18H28O3/c1-2-17(19)15-13-11-9-7-5-3-4-6-8-10-12-14-16-18(20)21/h3,5-6,8-9,11,13,15,17,19H,2,4,7,10,12,14,16H2,1H3,(H,20,21)/b5-3-,8-6-,11-9-,15-13+. The highest BCUT2D eigenvalue weighted by Crippen LogP contribution is 2.01. The van der Waals surface area contributed by atoms with Crippen LogP contribution in [0.3, 0.4) is 0 Å². The molecule has 0 radical (unpaired) electrons. The molecule has 0 saturated carbocycles. The molecule has 0 rings (SSSR count). The maximum Gasteiger partial charge on any atom is 0.303 e. The number of carbonyl (C=O) groups is 1. The molecule has 1 unspecified atom stereocenters. The monoisotopic (exact) mass is 292 g/mol. The Hall–Kier alpha value is -1.61. The second kappa shape index (κ2) is 14.8. The Morgan fingerprint density at radius 1 is 1.00 bits per heavy atom. The fourth-order valence-corrected chi connectivity index (χ4v) is 1.59. The summed E-state index contributed by atoms with van der Waals surface area (Å²) >= 11 is 0. The van der Waals surface area contributed by atoms with E-state index in [1.807, 2.05) is 25.2 Å². The Morgan fingerprint density at radius 3 is 2.33 bits per heavy atom. The van der Waals surface area contributed by atoms with Crippen molar-refractivity contribution in [2.75, 3.05) is 0 Å². The number of allylic oxidation sites excluding steroid dienone is 7. The Balaban J connectivity index is 3.49. The number of rotatable bonds is 12. The molecule has 0 aliphatic carbocycles. The lowest BCUT2D eigenvalue weighted by molar-refractivity contribution is -0.137. The van der Waals surface area contributed by atoms with Crippen LogP contribution in [-0.4, -0.2) is 22.3 Å². The van der Waals surface area contributed by atoms with Gasteiger partial charge in [-0.05, 0) is 38.5 Å². The Morgan fingerprint density at radius 2 is 1.67 bits per heavy atom. The second-order valence-electron chi connectivity index (χ2n) is 4.84. The van der Waals surface area contributed by atoms with E-state index in [1.165, 1.54) is 0 Å². The maximum atomic E-state index is 10.3. The molecule has 2 N–H and O–H groups in total. The zero-order chi connectivity index (χ0) is 15.8. The minimum atomic E-state index is -0.714. The van der Waals surface area contributed by atoms with Crippen LogP contribution in [0, 0.1) is 0 Å². The van der Waals surface area contributed by atoms with Crippen molar-refractivity contribution in [3.05, 3.63) is 48.6 Å². The van der Waals surface area contributed by atoms with Crippen molar-refractivity contribution in [3.63, 3.8) is 0 Å². The third-order valence-corrected chi connectivity index (χ3v) is 2.89. The van der Waals surface area contributed by atoms with Gasteiger partial charge in [-0.1, -0.05) is 55.5 Å². The Labute approximate surface area is 128 Å². The summed E-state index contributed by atoms with van der Waals surface area (Å²) in [6, 6.07) is 0. The highest BCUT2D eigenvalue weighted by molar-refractivity contribution is 5.66. The van der Waals surface area contributed by atoms with Crippen LogP contribution in [0.25, 0.3) is 0 Å². The van der Waals surface area contributed by atoms with Crippen LogP contribution in [-0.2, 0) is 4.79 Å². The minimum absolute atomic E-state index is 0.268. The van der Waals surface area contributed by atoms with E-state index in [0.29, 0.717) is 0 Å². The number of hydrogen-bond donors (Lipinski definition) is 2. The molecule has 1 atom stereocenters. The molecule has 3 nitrogen and oxygen atoms in total. The first-order chi connectivity index (χ1) is 10.2. The Kier molecular flexibility index (Phi) is 13.7. The van der Waals surface area contributed by atoms with Crippen molar-refractivity contribution in [3.8, 4) is 0 Å². The van der Waals surface area contributed by atoms with Gasteiger partial charge in [-0.15, -0.1) is 0 Å². The molecule has 0 amide bonds. The quantitative estimate of drug-likeness (QED) is 0.318. The van der Waals surface area contributed by atoms with Crippen molar-refractivity contribution in [2.45, 2.75) is 58.0 Å². The van der Waals surface area contributed by atoms with Crippen LogP contribution in [0.15, 0.2) is 48.6 Å². The van der Waals surface area contributed by atoms with Gasteiger partial charge in [0.25, 0.3) is 0 Å². The molecule has 0 aromatic rings. The van der Waals surface area contributed by atoms with Crippen LogP contribution in [0.5, 0.6) is 0 Å². The molecule has 3 heteroatoms. The van der Waals surface area contributed by atoms with Gasteiger partial charge in [-0.3, -0.25) is 4.79 Å². The van der Waals surface area contributed by atoms with E-state index in [2.05, 4.69) is 24.3 Å². The van der Waals surface area contributed by atoms with Crippen molar-refractivity contribution in [1.82, 2.24) is 0 Å². The summed E-state index contributed by atoms with van der Waals surface area (Å²) in [5.41, 5.74) is 0. The van der Waals surface area contributed by atoms with Crippen LogP contribution in [0.4, 0.5) is 0 Å². The SMILES string of the molecule is CCC(O)/C=C/C=C\C/C=C\C/C=C\CCCCC(=O)O. The lowest BCUT2D eigenvalue weighted by atomic mass is 10.2. The molecular formula is C18H28O3. The topological polar surface area (TPSA) is 57.5 Å². The van der Waals surface area contributed by atoms with Crippen molar-refractivity contribution >= 4 is 5.97 Å². The normalized spacial score (nSPS) is 14.0. The van der Waals surface area contributed by atoms with Gasteiger partial charge in [0.15, 0.2) is 0 Å². The first-order valence-corrected chi connectivity index (χ1v) is 7.70. The zero-order valence-electron chi connectivity index (χ0n) is 12.9. The van der Waals surface area contributed by atoms with Gasteiger partial charge in [0.05, 0.1) is 6.10 Å². The molecule has 0 fully saturated rings. The van der Waals surface area contributed by atoms with Gasteiger partial charge in [0.2, 0.25) is 0 Å². The number of unbranched alkanes of at least 4 members (excludes halogenated alkanes) is 2. The molecule has 0 aliphatic heterocycles. The summed E-state index contributed by atoms with van der Waals surface area (Å²) in [6.07, 6.45) is 21.2. The summed E-state index contributed by atoms with van der Waals surface area (Å²) < 4.78 is 0. The Bertz CT molecular complexity index is 365. The van der Waals surface area contributed by atoms with Gasteiger partial charge in [0.1, 0.15) is 0 Å². The molecule has 0 aliphatic rings. The molecule has 0 heterocycles. The van der Waals surface area contributed by atoms with Gasteiger partial charge in [0, 0.05) is 6.42 Å². The highest BCUT2D eigenvalue weighted by Gasteiger charge is 1.93. The lowest BCUT2D eigenvalue weighted by Gasteiger charge is -1.96. The number of aliphatic hydroxyl groups is 1. The predicted octanol–water partition coefficient (Wildman–Crippen LogP) is 4.41. The number of aliphatic carboxylic acids is 1. The summed E-state index contributed by atoms with van der Waals surface area (Å²) in [7, 11) is 0. The summed E-state index contributed by atoms with van der Waals surface area (Å²) in [6.45, 7) is 1.95. The predicted molar refractivity (Wildman–Crippen MR) is 88.2 cm³/mol. The van der Waals surface area contributed by atoms with Crippen molar-refractivity contribution in [1.29, 1.82) is 0 Å². The lowest BCUT2D eigenvalue weighted by Crippen LogP contribution is -1.97. The molecule has 21 heavy (non-hydrogen) atoms. The summed E-state index contributed by atoms with van der Waals surface area (Å²) in [5.74, 6) is -0.714. The smallest absolute Gasteiger partial charge is 0.303 e. The fourth-order valence-electron chi connectivity index (χ4n) is 1.59.